The maximum absolute atomic E-state index is 6.64. The van der Waals surface area contributed by atoms with Crippen molar-refractivity contribution in [3.05, 3.63) is 95.1 Å². The van der Waals surface area contributed by atoms with Crippen LogP contribution in [0.15, 0.2) is 72.8 Å². The molecule has 184 valence electrons. The highest BCUT2D eigenvalue weighted by atomic mass is 16.5. The molecule has 1 aliphatic heterocycles. The Balaban J connectivity index is 1.55. The van der Waals surface area contributed by atoms with E-state index in [2.05, 4.69) is 91.5 Å². The van der Waals surface area contributed by atoms with Crippen molar-refractivity contribution in [2.24, 2.45) is 0 Å². The summed E-state index contributed by atoms with van der Waals surface area (Å²) in [5.74, 6) is 2.39. The highest BCUT2D eigenvalue weighted by Gasteiger charge is 2.49. The molecule has 0 amide bonds. The zero-order valence-electron chi connectivity index (χ0n) is 21.5. The quantitative estimate of drug-likeness (QED) is 0.366. The largest absolute Gasteiger partial charge is 0.497 e. The molecular formula is C32H39NO2. The van der Waals surface area contributed by atoms with E-state index in [1.807, 2.05) is 0 Å². The zero-order valence-corrected chi connectivity index (χ0v) is 21.5. The average Bonchev–Trinajstić information content (AvgIpc) is 3.03. The van der Waals surface area contributed by atoms with Gasteiger partial charge in [-0.25, -0.2) is 0 Å². The summed E-state index contributed by atoms with van der Waals surface area (Å²) in [6.45, 7) is 8.83. The molecule has 35 heavy (non-hydrogen) atoms. The monoisotopic (exact) mass is 469 g/mol. The van der Waals surface area contributed by atoms with Gasteiger partial charge in [-0.1, -0.05) is 87.4 Å². The Kier molecular flexibility index (Phi) is 7.15. The third-order valence-corrected chi connectivity index (χ3v) is 8.15. The fourth-order valence-corrected chi connectivity index (χ4v) is 6.38. The van der Waals surface area contributed by atoms with Crippen LogP contribution in [0.1, 0.15) is 73.6 Å². The standard InChI is InChI=1S/C32H39NO2/c1-32(2)27-22-26(34-3)23-28(35-21-20-33-18-12-4-5-13-19-33)30(27)29(24-14-8-6-9-15-24)31(32)25-16-10-7-11-17-25/h6-11,14-17,22-23,29,31H,4-5,12-13,18-21H2,1-3H3/t29-,31+/m0/s1. The second kappa shape index (κ2) is 10.5. The van der Waals surface area contributed by atoms with E-state index in [1.165, 1.54) is 61.0 Å². The van der Waals surface area contributed by atoms with Crippen LogP contribution in [0, 0.1) is 0 Å². The summed E-state index contributed by atoms with van der Waals surface area (Å²) < 4.78 is 12.4. The molecule has 1 heterocycles. The minimum Gasteiger partial charge on any atom is -0.497 e. The van der Waals surface area contributed by atoms with Crippen LogP contribution in [0.4, 0.5) is 0 Å². The Hall–Kier alpha value is -2.78. The van der Waals surface area contributed by atoms with Crippen molar-refractivity contribution in [2.45, 2.75) is 56.8 Å². The minimum atomic E-state index is -0.0748. The van der Waals surface area contributed by atoms with Gasteiger partial charge in [-0.2, -0.15) is 0 Å². The van der Waals surface area contributed by atoms with Crippen molar-refractivity contribution < 1.29 is 9.47 Å². The first kappa shape index (κ1) is 23.9. The van der Waals surface area contributed by atoms with Gasteiger partial charge in [0, 0.05) is 30.0 Å². The van der Waals surface area contributed by atoms with E-state index in [-0.39, 0.29) is 11.3 Å². The number of fused-ring (bicyclic) bond motifs is 1. The molecule has 3 aromatic carbocycles. The maximum Gasteiger partial charge on any atom is 0.127 e. The van der Waals surface area contributed by atoms with Gasteiger partial charge in [-0.05, 0) is 54.1 Å². The van der Waals surface area contributed by atoms with E-state index >= 15 is 0 Å². The Bertz CT molecular complexity index is 1100. The topological polar surface area (TPSA) is 21.7 Å². The molecule has 0 radical (unpaired) electrons. The van der Waals surface area contributed by atoms with Gasteiger partial charge < -0.3 is 9.47 Å². The van der Waals surface area contributed by atoms with E-state index in [0.717, 1.165) is 18.0 Å². The van der Waals surface area contributed by atoms with Gasteiger partial charge in [0.15, 0.2) is 0 Å². The van der Waals surface area contributed by atoms with Gasteiger partial charge in [0.2, 0.25) is 0 Å². The predicted octanol–water partition coefficient (Wildman–Crippen LogP) is 7.16. The summed E-state index contributed by atoms with van der Waals surface area (Å²) in [4.78, 5) is 2.57. The molecule has 3 aromatic rings. The molecule has 0 unspecified atom stereocenters. The van der Waals surface area contributed by atoms with E-state index in [9.17, 15) is 0 Å². The normalized spacial score (nSPS) is 21.8. The third-order valence-electron chi connectivity index (χ3n) is 8.15. The lowest BCUT2D eigenvalue weighted by Crippen LogP contribution is -2.29. The number of ether oxygens (including phenoxy) is 2. The number of rotatable bonds is 7. The van der Waals surface area contributed by atoms with Gasteiger partial charge in [0.25, 0.3) is 0 Å². The highest BCUT2D eigenvalue weighted by Crippen LogP contribution is 2.60. The highest BCUT2D eigenvalue weighted by molar-refractivity contribution is 5.61. The van der Waals surface area contributed by atoms with Gasteiger partial charge in [0.05, 0.1) is 7.11 Å². The van der Waals surface area contributed by atoms with Crippen LogP contribution in [-0.4, -0.2) is 38.3 Å². The predicted molar refractivity (Wildman–Crippen MR) is 144 cm³/mol. The van der Waals surface area contributed by atoms with Crippen molar-refractivity contribution in [1.82, 2.24) is 4.90 Å². The number of nitrogens with zero attached hydrogens (tertiary/aromatic N) is 1. The first-order chi connectivity index (χ1) is 17.1. The SMILES string of the molecule is COc1cc(OCCN2CCCCCC2)c2c(c1)C(C)(C)[C@H](c1ccccc1)[C@H]2c1ccccc1. The molecule has 2 atom stereocenters. The Morgan fingerprint density at radius 2 is 1.46 bits per heavy atom. The number of likely N-dealkylation sites (tertiary alicyclic amines) is 1. The summed E-state index contributed by atoms with van der Waals surface area (Å²) >= 11 is 0. The molecule has 0 N–H and O–H groups in total. The van der Waals surface area contributed by atoms with Crippen LogP contribution in [0.2, 0.25) is 0 Å². The second-order valence-electron chi connectivity index (χ2n) is 10.7. The van der Waals surface area contributed by atoms with Gasteiger partial charge in [0.1, 0.15) is 18.1 Å². The molecule has 1 saturated heterocycles. The van der Waals surface area contributed by atoms with Crippen LogP contribution in [-0.2, 0) is 5.41 Å². The van der Waals surface area contributed by atoms with Crippen molar-refractivity contribution in [3.8, 4) is 11.5 Å². The van der Waals surface area contributed by atoms with Crippen LogP contribution < -0.4 is 9.47 Å². The minimum absolute atomic E-state index is 0.0748. The molecule has 1 aliphatic carbocycles. The molecule has 0 bridgehead atoms. The van der Waals surface area contributed by atoms with Crippen molar-refractivity contribution in [2.75, 3.05) is 33.4 Å². The molecule has 0 aromatic heterocycles. The van der Waals surface area contributed by atoms with E-state index in [0.29, 0.717) is 12.5 Å². The first-order valence-corrected chi connectivity index (χ1v) is 13.3. The van der Waals surface area contributed by atoms with Crippen LogP contribution in [0.5, 0.6) is 11.5 Å². The Morgan fingerprint density at radius 1 is 0.829 bits per heavy atom. The number of hydrogen-bond acceptors (Lipinski definition) is 3. The van der Waals surface area contributed by atoms with Crippen LogP contribution in [0.25, 0.3) is 0 Å². The molecular weight excluding hydrogens is 430 g/mol. The second-order valence-corrected chi connectivity index (χ2v) is 10.7. The number of benzene rings is 3. The molecule has 2 aliphatic rings. The van der Waals surface area contributed by atoms with Crippen LogP contribution in [0.3, 0.4) is 0 Å². The van der Waals surface area contributed by atoms with Gasteiger partial charge in [-0.15, -0.1) is 0 Å². The lowest BCUT2D eigenvalue weighted by molar-refractivity contribution is 0.212. The summed E-state index contributed by atoms with van der Waals surface area (Å²) in [7, 11) is 1.76. The molecule has 5 rings (SSSR count). The molecule has 3 nitrogen and oxygen atoms in total. The van der Waals surface area contributed by atoms with E-state index < -0.39 is 0 Å². The Morgan fingerprint density at radius 3 is 2.09 bits per heavy atom. The first-order valence-electron chi connectivity index (χ1n) is 13.3. The lowest BCUT2D eigenvalue weighted by atomic mass is 9.70. The fourth-order valence-electron chi connectivity index (χ4n) is 6.38. The zero-order chi connectivity index (χ0) is 24.3. The number of methoxy groups -OCH3 is 1. The van der Waals surface area contributed by atoms with Gasteiger partial charge in [-0.3, -0.25) is 4.90 Å². The van der Waals surface area contributed by atoms with Crippen molar-refractivity contribution >= 4 is 0 Å². The van der Waals surface area contributed by atoms with Crippen LogP contribution >= 0.6 is 0 Å². The number of hydrogen-bond donors (Lipinski definition) is 0. The van der Waals surface area contributed by atoms with E-state index in [1.54, 1.807) is 7.11 Å². The van der Waals surface area contributed by atoms with E-state index in [4.69, 9.17) is 9.47 Å². The summed E-state index contributed by atoms with van der Waals surface area (Å²) in [6, 6.07) is 26.3. The average molecular weight is 470 g/mol. The lowest BCUT2D eigenvalue weighted by Gasteiger charge is -2.32. The maximum atomic E-state index is 6.64. The summed E-state index contributed by atoms with van der Waals surface area (Å²) in [5, 5.41) is 0. The molecule has 0 spiro atoms. The smallest absolute Gasteiger partial charge is 0.127 e. The van der Waals surface area contributed by atoms with Gasteiger partial charge >= 0.3 is 0 Å². The molecule has 0 saturated carbocycles. The Labute approximate surface area is 211 Å². The fraction of sp³-hybridized carbons (Fsp3) is 0.438. The molecule has 3 heteroatoms. The van der Waals surface area contributed by atoms with Crippen molar-refractivity contribution in [1.29, 1.82) is 0 Å². The third kappa shape index (κ3) is 4.84. The summed E-state index contributed by atoms with van der Waals surface area (Å²) in [5.41, 5.74) is 5.30. The van der Waals surface area contributed by atoms with Crippen molar-refractivity contribution in [3.63, 3.8) is 0 Å². The molecule has 1 fully saturated rings. The summed E-state index contributed by atoms with van der Waals surface area (Å²) in [6.07, 6.45) is 5.32.